The monoisotopic (exact) mass is 435 g/mol. The molecule has 4 rings (SSSR count). The zero-order chi connectivity index (χ0) is 22.3. The first kappa shape index (κ1) is 21.3. The van der Waals surface area contributed by atoms with E-state index in [-0.39, 0.29) is 18.9 Å². The molecule has 1 amide bonds. The van der Waals surface area contributed by atoms with Crippen molar-refractivity contribution < 1.29 is 23.4 Å². The first-order chi connectivity index (χ1) is 15.6. The summed E-state index contributed by atoms with van der Waals surface area (Å²) in [6.45, 7) is 0.905. The average Bonchev–Trinajstić information content (AvgIpc) is 3.22. The number of pyridine rings is 1. The molecular formula is C24H22FN3O4. The van der Waals surface area contributed by atoms with Crippen molar-refractivity contribution in [2.45, 2.75) is 6.61 Å². The van der Waals surface area contributed by atoms with Crippen LogP contribution in [0.15, 0.2) is 73.1 Å². The number of carbonyl (C=O) groups is 1. The van der Waals surface area contributed by atoms with Gasteiger partial charge in [0.05, 0.1) is 18.0 Å². The Bertz CT molecular complexity index is 1190. The molecule has 0 saturated heterocycles. The quantitative estimate of drug-likeness (QED) is 0.396. The van der Waals surface area contributed by atoms with Gasteiger partial charge in [-0.1, -0.05) is 12.1 Å². The minimum absolute atomic E-state index is 0.238. The van der Waals surface area contributed by atoms with Crippen LogP contribution in [-0.4, -0.2) is 35.6 Å². The van der Waals surface area contributed by atoms with Crippen molar-refractivity contribution in [1.29, 1.82) is 0 Å². The van der Waals surface area contributed by atoms with E-state index in [1.807, 2.05) is 35.0 Å². The van der Waals surface area contributed by atoms with Gasteiger partial charge in [-0.2, -0.15) is 0 Å². The third-order valence-corrected chi connectivity index (χ3v) is 4.63. The van der Waals surface area contributed by atoms with Crippen molar-refractivity contribution >= 4 is 17.2 Å². The summed E-state index contributed by atoms with van der Waals surface area (Å²) in [6, 6.07) is 16.4. The molecule has 8 heteroatoms. The number of methoxy groups -OCH3 is 1. The molecule has 4 aromatic rings. The van der Waals surface area contributed by atoms with Crippen LogP contribution in [-0.2, 0) is 11.3 Å². The lowest BCUT2D eigenvalue weighted by molar-refractivity contribution is 0.102. The zero-order valence-corrected chi connectivity index (χ0v) is 17.5. The number of fused-ring (bicyclic) bond motifs is 1. The van der Waals surface area contributed by atoms with Gasteiger partial charge in [-0.3, -0.25) is 4.79 Å². The minimum Gasteiger partial charge on any atom is -0.489 e. The Morgan fingerprint density at radius 3 is 2.81 bits per heavy atom. The number of imidazole rings is 1. The predicted molar refractivity (Wildman–Crippen MR) is 118 cm³/mol. The van der Waals surface area contributed by atoms with Crippen LogP contribution >= 0.6 is 0 Å². The number of benzene rings is 2. The van der Waals surface area contributed by atoms with Crippen molar-refractivity contribution in [3.63, 3.8) is 0 Å². The van der Waals surface area contributed by atoms with Crippen LogP contribution in [0.25, 0.3) is 5.65 Å². The second kappa shape index (κ2) is 9.93. The molecular weight excluding hydrogens is 413 g/mol. The molecule has 0 saturated carbocycles. The highest BCUT2D eigenvalue weighted by molar-refractivity contribution is 6.05. The first-order valence-electron chi connectivity index (χ1n) is 10.0. The molecule has 1 N–H and O–H groups in total. The lowest BCUT2D eigenvalue weighted by Gasteiger charge is -2.13. The van der Waals surface area contributed by atoms with Crippen LogP contribution < -0.4 is 14.8 Å². The van der Waals surface area contributed by atoms with Crippen molar-refractivity contribution in [3.05, 3.63) is 90.1 Å². The summed E-state index contributed by atoms with van der Waals surface area (Å²) < 4.78 is 32.0. The largest absolute Gasteiger partial charge is 0.489 e. The Kier molecular flexibility index (Phi) is 6.62. The Labute approximate surface area is 184 Å². The fourth-order valence-corrected chi connectivity index (χ4v) is 3.10. The molecule has 0 bridgehead atoms. The molecule has 0 fully saturated rings. The molecule has 0 aliphatic carbocycles. The molecule has 0 aliphatic rings. The van der Waals surface area contributed by atoms with E-state index >= 15 is 0 Å². The third-order valence-electron chi connectivity index (χ3n) is 4.63. The number of nitrogens with zero attached hydrogens (tertiary/aromatic N) is 2. The molecule has 0 spiro atoms. The van der Waals surface area contributed by atoms with Gasteiger partial charge >= 0.3 is 0 Å². The van der Waals surface area contributed by atoms with Crippen LogP contribution in [0.1, 0.15) is 16.1 Å². The van der Waals surface area contributed by atoms with Gasteiger partial charge in [-0.25, -0.2) is 9.37 Å². The molecule has 0 aliphatic heterocycles. The number of ether oxygens (including phenoxy) is 3. The summed E-state index contributed by atoms with van der Waals surface area (Å²) in [4.78, 5) is 17.3. The molecule has 0 radical (unpaired) electrons. The van der Waals surface area contributed by atoms with Crippen LogP contribution in [0.3, 0.4) is 0 Å². The van der Waals surface area contributed by atoms with Gasteiger partial charge in [0.15, 0.2) is 0 Å². The summed E-state index contributed by atoms with van der Waals surface area (Å²) in [5.41, 5.74) is 2.20. The number of carbonyl (C=O) groups excluding carboxylic acids is 1. The number of aromatic nitrogens is 2. The molecule has 2 aromatic heterocycles. The molecule has 7 nitrogen and oxygen atoms in total. The number of anilines is 1. The van der Waals surface area contributed by atoms with Gasteiger partial charge in [0.25, 0.3) is 5.91 Å². The fourth-order valence-electron chi connectivity index (χ4n) is 3.10. The smallest absolute Gasteiger partial charge is 0.255 e. The summed E-state index contributed by atoms with van der Waals surface area (Å²) in [6.07, 6.45) is 3.80. The van der Waals surface area contributed by atoms with Crippen LogP contribution in [0.4, 0.5) is 10.1 Å². The van der Waals surface area contributed by atoms with E-state index in [1.54, 1.807) is 31.4 Å². The van der Waals surface area contributed by atoms with Crippen molar-refractivity contribution in [2.75, 3.05) is 25.6 Å². The van der Waals surface area contributed by atoms with E-state index in [2.05, 4.69) is 10.3 Å². The Morgan fingerprint density at radius 1 is 1.06 bits per heavy atom. The van der Waals surface area contributed by atoms with E-state index in [0.29, 0.717) is 23.7 Å². The maximum absolute atomic E-state index is 13.7. The van der Waals surface area contributed by atoms with Gasteiger partial charge in [-0.15, -0.1) is 0 Å². The number of hydrogen-bond donors (Lipinski definition) is 1. The van der Waals surface area contributed by atoms with Gasteiger partial charge in [0, 0.05) is 31.1 Å². The predicted octanol–water partition coefficient (Wildman–Crippen LogP) is 4.33. The first-order valence-corrected chi connectivity index (χ1v) is 10.0. The Balaban J connectivity index is 1.43. The number of rotatable bonds is 9. The lowest BCUT2D eigenvalue weighted by Crippen LogP contribution is -2.14. The van der Waals surface area contributed by atoms with E-state index < -0.39 is 11.7 Å². The summed E-state index contributed by atoms with van der Waals surface area (Å²) in [5.74, 6) is -0.0177. The number of halogens is 1. The maximum atomic E-state index is 13.7. The topological polar surface area (TPSA) is 74.1 Å². The maximum Gasteiger partial charge on any atom is 0.255 e. The zero-order valence-electron chi connectivity index (χ0n) is 17.5. The van der Waals surface area contributed by atoms with E-state index in [9.17, 15) is 9.18 Å². The van der Waals surface area contributed by atoms with E-state index in [0.717, 1.165) is 11.3 Å². The molecule has 2 aromatic carbocycles. The number of amides is 1. The highest BCUT2D eigenvalue weighted by Gasteiger charge is 2.13. The third kappa shape index (κ3) is 5.22. The molecule has 0 unspecified atom stereocenters. The van der Waals surface area contributed by atoms with E-state index in [4.69, 9.17) is 14.2 Å². The average molecular weight is 435 g/mol. The van der Waals surface area contributed by atoms with Crippen LogP contribution in [0.5, 0.6) is 11.5 Å². The fraction of sp³-hybridized carbons (Fsp3) is 0.167. The standard InChI is InChI=1S/C24H22FN3O4/c1-30-11-12-31-22-9-8-18(25)14-21(22)27-24(29)17-5-4-6-20(13-17)32-16-19-15-28-10-3-2-7-23(28)26-19/h2-10,13-15H,11-12,16H2,1H3,(H,27,29). The number of hydrogen-bond acceptors (Lipinski definition) is 5. The molecule has 0 atom stereocenters. The van der Waals surface area contributed by atoms with Crippen molar-refractivity contribution in [2.24, 2.45) is 0 Å². The summed E-state index contributed by atoms with van der Waals surface area (Å²) in [5, 5.41) is 2.70. The van der Waals surface area contributed by atoms with Crippen LogP contribution in [0.2, 0.25) is 0 Å². The van der Waals surface area contributed by atoms with Gasteiger partial charge in [-0.05, 0) is 42.5 Å². The Morgan fingerprint density at radius 2 is 1.97 bits per heavy atom. The normalized spacial score (nSPS) is 10.8. The van der Waals surface area contributed by atoms with Crippen molar-refractivity contribution in [1.82, 2.24) is 9.38 Å². The van der Waals surface area contributed by atoms with E-state index in [1.165, 1.54) is 18.2 Å². The number of nitrogens with one attached hydrogen (secondary N) is 1. The summed E-state index contributed by atoms with van der Waals surface area (Å²) in [7, 11) is 1.56. The molecule has 32 heavy (non-hydrogen) atoms. The Hall–Kier alpha value is -3.91. The lowest BCUT2D eigenvalue weighted by atomic mass is 10.2. The van der Waals surface area contributed by atoms with Gasteiger partial charge in [0.2, 0.25) is 0 Å². The van der Waals surface area contributed by atoms with Gasteiger partial charge < -0.3 is 23.9 Å². The van der Waals surface area contributed by atoms with Gasteiger partial charge in [0.1, 0.15) is 36.2 Å². The highest BCUT2D eigenvalue weighted by Crippen LogP contribution is 2.26. The SMILES string of the molecule is COCCOc1ccc(F)cc1NC(=O)c1cccc(OCc2cn3ccccc3n2)c1. The second-order valence-electron chi connectivity index (χ2n) is 6.95. The molecule has 2 heterocycles. The summed E-state index contributed by atoms with van der Waals surface area (Å²) >= 11 is 0. The molecule has 164 valence electrons. The second-order valence-corrected chi connectivity index (χ2v) is 6.95. The highest BCUT2D eigenvalue weighted by atomic mass is 19.1. The van der Waals surface area contributed by atoms with Crippen LogP contribution in [0, 0.1) is 5.82 Å². The van der Waals surface area contributed by atoms with Crippen molar-refractivity contribution in [3.8, 4) is 11.5 Å². The minimum atomic E-state index is -0.482.